The number of ether oxygens (including phenoxy) is 1. The van der Waals surface area contributed by atoms with Gasteiger partial charge < -0.3 is 4.74 Å². The van der Waals surface area contributed by atoms with E-state index in [0.29, 0.717) is 5.02 Å². The van der Waals surface area contributed by atoms with E-state index in [0.717, 1.165) is 11.6 Å². The highest BCUT2D eigenvalue weighted by Crippen LogP contribution is 2.19. The number of hydrogen-bond acceptors (Lipinski definition) is 2. The van der Waals surface area contributed by atoms with E-state index in [-0.39, 0.29) is 17.5 Å². The lowest BCUT2D eigenvalue weighted by Crippen LogP contribution is -1.99. The molecule has 0 saturated carbocycles. The zero-order valence-corrected chi connectivity index (χ0v) is 10.2. The molecule has 0 atom stereocenters. The molecule has 0 aliphatic carbocycles. The smallest absolute Gasteiger partial charge is 0.250 e. The van der Waals surface area contributed by atoms with Crippen LogP contribution in [0.5, 0.6) is 5.88 Å². The third kappa shape index (κ3) is 3.32. The fourth-order valence-corrected chi connectivity index (χ4v) is 1.51. The molecule has 0 N–H and O–H groups in total. The van der Waals surface area contributed by atoms with Crippen molar-refractivity contribution >= 4 is 23.2 Å². The maximum atomic E-state index is 13.3. The molecule has 0 aliphatic heterocycles. The minimum absolute atomic E-state index is 0.0654. The fourth-order valence-electron chi connectivity index (χ4n) is 1.24. The van der Waals surface area contributed by atoms with Crippen LogP contribution in [-0.2, 0) is 6.61 Å². The molecule has 0 aliphatic rings. The van der Waals surface area contributed by atoms with Gasteiger partial charge in [-0.2, -0.15) is 0 Å². The first kappa shape index (κ1) is 12.1. The van der Waals surface area contributed by atoms with Crippen molar-refractivity contribution in [3.8, 4) is 5.88 Å². The molecule has 0 saturated heterocycles. The summed E-state index contributed by atoms with van der Waals surface area (Å²) in [6.45, 7) is 0.225. The van der Waals surface area contributed by atoms with Gasteiger partial charge in [-0.15, -0.1) is 0 Å². The van der Waals surface area contributed by atoms with E-state index in [4.69, 9.17) is 27.9 Å². The van der Waals surface area contributed by atoms with Crippen LogP contribution >= 0.6 is 23.2 Å². The fraction of sp³-hybridized carbons (Fsp3) is 0.0833. The van der Waals surface area contributed by atoms with Crippen LogP contribution in [-0.4, -0.2) is 4.98 Å². The molecule has 2 rings (SSSR count). The molecule has 2 nitrogen and oxygen atoms in total. The van der Waals surface area contributed by atoms with Crippen molar-refractivity contribution in [3.05, 3.63) is 58.0 Å². The van der Waals surface area contributed by atoms with E-state index in [2.05, 4.69) is 4.98 Å². The number of hydrogen-bond donors (Lipinski definition) is 0. The van der Waals surface area contributed by atoms with Gasteiger partial charge in [0.25, 0.3) is 5.88 Å². The molecule has 88 valence electrons. The lowest BCUT2D eigenvalue weighted by molar-refractivity contribution is 0.277. The van der Waals surface area contributed by atoms with Gasteiger partial charge in [0, 0.05) is 11.2 Å². The van der Waals surface area contributed by atoms with Gasteiger partial charge in [0.1, 0.15) is 6.61 Å². The maximum absolute atomic E-state index is 13.3. The summed E-state index contributed by atoms with van der Waals surface area (Å²) < 4.78 is 18.6. The predicted molar refractivity (Wildman–Crippen MR) is 65.0 cm³/mol. The second kappa shape index (κ2) is 5.34. The topological polar surface area (TPSA) is 22.1 Å². The highest BCUT2D eigenvalue weighted by Gasteiger charge is 2.06. The summed E-state index contributed by atoms with van der Waals surface area (Å²) in [6.07, 6.45) is 1.34. The molecule has 1 heterocycles. The first-order chi connectivity index (χ1) is 8.15. The van der Waals surface area contributed by atoms with Crippen molar-refractivity contribution in [3.63, 3.8) is 0 Å². The van der Waals surface area contributed by atoms with Crippen LogP contribution in [0.2, 0.25) is 10.0 Å². The molecule has 1 aromatic carbocycles. The molecular weight excluding hydrogens is 264 g/mol. The minimum atomic E-state index is -0.577. The normalized spacial score (nSPS) is 10.3. The Morgan fingerprint density at radius 3 is 2.47 bits per heavy atom. The summed E-state index contributed by atoms with van der Waals surface area (Å²) in [5, 5.41) is 0.880. The number of aromatic nitrogens is 1. The van der Waals surface area contributed by atoms with Gasteiger partial charge in [0.2, 0.25) is 0 Å². The van der Waals surface area contributed by atoms with Crippen molar-refractivity contribution in [2.24, 2.45) is 0 Å². The minimum Gasteiger partial charge on any atom is -0.471 e. The predicted octanol–water partition coefficient (Wildman–Crippen LogP) is 4.11. The van der Waals surface area contributed by atoms with Crippen LogP contribution in [0.25, 0.3) is 0 Å². The summed E-state index contributed by atoms with van der Waals surface area (Å²) in [7, 11) is 0. The highest BCUT2D eigenvalue weighted by atomic mass is 35.5. The molecule has 5 heteroatoms. The Bertz CT molecular complexity index is 516. The summed E-state index contributed by atoms with van der Waals surface area (Å²) >= 11 is 11.3. The number of rotatable bonds is 3. The zero-order valence-electron chi connectivity index (χ0n) is 8.66. The molecule has 0 spiro atoms. The molecule has 0 fully saturated rings. The molecule has 0 bridgehead atoms. The Balaban J connectivity index is 2.04. The first-order valence-corrected chi connectivity index (χ1v) is 5.59. The maximum Gasteiger partial charge on any atom is 0.250 e. The lowest BCUT2D eigenvalue weighted by atomic mass is 10.2. The van der Waals surface area contributed by atoms with E-state index >= 15 is 0 Å². The molecule has 2 aromatic rings. The van der Waals surface area contributed by atoms with Crippen molar-refractivity contribution in [2.75, 3.05) is 0 Å². The standard InChI is InChI=1S/C12H8Cl2FNO/c13-9-3-1-8(2-4-9)7-17-12-11(15)5-10(14)6-16-12/h1-6H,7H2. The van der Waals surface area contributed by atoms with Crippen LogP contribution in [0.3, 0.4) is 0 Å². The molecule has 0 radical (unpaired) electrons. The second-order valence-corrected chi connectivity index (χ2v) is 4.23. The molecule has 0 amide bonds. The van der Waals surface area contributed by atoms with Crippen LogP contribution in [0.15, 0.2) is 36.5 Å². The Morgan fingerprint density at radius 1 is 1.12 bits per heavy atom. The van der Waals surface area contributed by atoms with Gasteiger partial charge in [-0.3, -0.25) is 0 Å². The second-order valence-electron chi connectivity index (χ2n) is 3.36. The van der Waals surface area contributed by atoms with Crippen molar-refractivity contribution in [1.82, 2.24) is 4.98 Å². The third-order valence-electron chi connectivity index (χ3n) is 2.06. The van der Waals surface area contributed by atoms with E-state index in [1.165, 1.54) is 6.20 Å². The average molecular weight is 272 g/mol. The Hall–Kier alpha value is -1.32. The van der Waals surface area contributed by atoms with E-state index in [9.17, 15) is 4.39 Å². The Kier molecular flexibility index (Phi) is 3.82. The molecule has 17 heavy (non-hydrogen) atoms. The van der Waals surface area contributed by atoms with Gasteiger partial charge >= 0.3 is 0 Å². The number of nitrogens with zero attached hydrogens (tertiary/aromatic N) is 1. The third-order valence-corrected chi connectivity index (χ3v) is 2.52. The van der Waals surface area contributed by atoms with Crippen molar-refractivity contribution < 1.29 is 9.13 Å². The van der Waals surface area contributed by atoms with Crippen molar-refractivity contribution in [1.29, 1.82) is 0 Å². The van der Waals surface area contributed by atoms with E-state index < -0.39 is 5.82 Å². The lowest BCUT2D eigenvalue weighted by Gasteiger charge is -2.06. The Morgan fingerprint density at radius 2 is 1.82 bits per heavy atom. The van der Waals surface area contributed by atoms with Crippen LogP contribution in [0.4, 0.5) is 4.39 Å². The Labute approximate surface area is 108 Å². The highest BCUT2D eigenvalue weighted by molar-refractivity contribution is 6.30. The van der Waals surface area contributed by atoms with E-state index in [1.54, 1.807) is 24.3 Å². The zero-order chi connectivity index (χ0) is 12.3. The van der Waals surface area contributed by atoms with Gasteiger partial charge in [0.15, 0.2) is 5.82 Å². The number of benzene rings is 1. The average Bonchev–Trinajstić information content (AvgIpc) is 2.30. The van der Waals surface area contributed by atoms with Gasteiger partial charge in [-0.1, -0.05) is 35.3 Å². The van der Waals surface area contributed by atoms with Gasteiger partial charge in [0.05, 0.1) is 5.02 Å². The summed E-state index contributed by atoms with van der Waals surface area (Å²) in [5.74, 6) is -0.643. The largest absolute Gasteiger partial charge is 0.471 e. The summed E-state index contributed by atoms with van der Waals surface area (Å²) in [6, 6.07) is 8.25. The molecule has 1 aromatic heterocycles. The quantitative estimate of drug-likeness (QED) is 0.838. The summed E-state index contributed by atoms with van der Waals surface area (Å²) in [5.41, 5.74) is 0.880. The van der Waals surface area contributed by atoms with E-state index in [1.807, 2.05) is 0 Å². The van der Waals surface area contributed by atoms with Crippen molar-refractivity contribution in [2.45, 2.75) is 6.61 Å². The van der Waals surface area contributed by atoms with Crippen LogP contribution in [0.1, 0.15) is 5.56 Å². The SMILES string of the molecule is Fc1cc(Cl)cnc1OCc1ccc(Cl)cc1. The van der Waals surface area contributed by atoms with Crippen LogP contribution < -0.4 is 4.74 Å². The molecule has 0 unspecified atom stereocenters. The van der Waals surface area contributed by atoms with Gasteiger partial charge in [-0.05, 0) is 23.8 Å². The monoisotopic (exact) mass is 271 g/mol. The van der Waals surface area contributed by atoms with Crippen LogP contribution in [0, 0.1) is 5.82 Å². The molecular formula is C12H8Cl2FNO. The number of pyridine rings is 1. The van der Waals surface area contributed by atoms with Gasteiger partial charge in [-0.25, -0.2) is 9.37 Å². The number of halogens is 3. The summed E-state index contributed by atoms with van der Waals surface area (Å²) in [4.78, 5) is 3.76. The first-order valence-electron chi connectivity index (χ1n) is 4.83.